The third-order valence-corrected chi connectivity index (χ3v) is 7.31. The van der Waals surface area contributed by atoms with Crippen LogP contribution in [0.3, 0.4) is 0 Å². The number of sulfonamides is 1. The van der Waals surface area contributed by atoms with Crippen molar-refractivity contribution >= 4 is 10.0 Å². The molecule has 0 aromatic heterocycles. The summed E-state index contributed by atoms with van der Waals surface area (Å²) in [4.78, 5) is 2.77. The maximum absolute atomic E-state index is 12.7. The molecule has 2 aliphatic heterocycles. The van der Waals surface area contributed by atoms with E-state index in [2.05, 4.69) is 11.9 Å². The van der Waals surface area contributed by atoms with Crippen LogP contribution in [-0.4, -0.2) is 64.1 Å². The van der Waals surface area contributed by atoms with Crippen molar-refractivity contribution in [3.63, 3.8) is 0 Å². The Morgan fingerprint density at radius 3 is 2.48 bits per heavy atom. The molecule has 2 heterocycles. The highest BCUT2D eigenvalue weighted by molar-refractivity contribution is 7.89. The van der Waals surface area contributed by atoms with Crippen molar-refractivity contribution in [3.05, 3.63) is 30.3 Å². The van der Waals surface area contributed by atoms with Gasteiger partial charge in [0, 0.05) is 32.8 Å². The summed E-state index contributed by atoms with van der Waals surface area (Å²) in [6.07, 6.45) is 2.98. The Morgan fingerprint density at radius 2 is 1.87 bits per heavy atom. The summed E-state index contributed by atoms with van der Waals surface area (Å²) in [5.74, 6) is 0. The third kappa shape index (κ3) is 3.31. The number of benzene rings is 1. The second kappa shape index (κ2) is 6.51. The molecule has 2 saturated heterocycles. The topological polar surface area (TPSA) is 49.9 Å². The molecular weight excluding hydrogens is 312 g/mol. The van der Waals surface area contributed by atoms with E-state index in [4.69, 9.17) is 4.74 Å². The minimum absolute atomic E-state index is 0.251. The molecule has 0 radical (unpaired) electrons. The first-order chi connectivity index (χ1) is 11.0. The Morgan fingerprint density at radius 1 is 1.22 bits per heavy atom. The van der Waals surface area contributed by atoms with Gasteiger partial charge in [0.25, 0.3) is 0 Å². The molecule has 0 aliphatic carbocycles. The lowest BCUT2D eigenvalue weighted by molar-refractivity contribution is 0.129. The van der Waals surface area contributed by atoms with Gasteiger partial charge in [-0.15, -0.1) is 0 Å². The number of nitrogens with zero attached hydrogens (tertiary/aromatic N) is 2. The van der Waals surface area contributed by atoms with Gasteiger partial charge in [0.2, 0.25) is 10.0 Å². The van der Waals surface area contributed by atoms with E-state index in [-0.39, 0.29) is 5.41 Å². The maximum Gasteiger partial charge on any atom is 0.243 e. The minimum Gasteiger partial charge on any atom is -0.383 e. The predicted molar refractivity (Wildman–Crippen MR) is 89.8 cm³/mol. The first kappa shape index (κ1) is 16.9. The fraction of sp³-hybridized carbons (Fsp3) is 0.647. The number of hydrogen-bond donors (Lipinski definition) is 0. The summed E-state index contributed by atoms with van der Waals surface area (Å²) in [6.45, 7) is 3.03. The van der Waals surface area contributed by atoms with E-state index >= 15 is 0 Å². The van der Waals surface area contributed by atoms with Crippen molar-refractivity contribution in [2.45, 2.75) is 30.2 Å². The van der Waals surface area contributed by atoms with Crippen LogP contribution in [0.25, 0.3) is 0 Å². The molecule has 128 valence electrons. The van der Waals surface area contributed by atoms with Gasteiger partial charge in [-0.2, -0.15) is 4.31 Å². The number of ether oxygens (including phenoxy) is 1. The lowest BCUT2D eigenvalue weighted by Crippen LogP contribution is -2.44. The molecule has 0 unspecified atom stereocenters. The molecule has 0 N–H and O–H groups in total. The third-order valence-electron chi connectivity index (χ3n) is 5.40. The first-order valence-electron chi connectivity index (χ1n) is 8.21. The van der Waals surface area contributed by atoms with Crippen LogP contribution in [0.4, 0.5) is 0 Å². The second-order valence-corrected chi connectivity index (χ2v) is 8.88. The monoisotopic (exact) mass is 338 g/mol. The molecule has 0 amide bonds. The van der Waals surface area contributed by atoms with Crippen molar-refractivity contribution in [2.75, 3.05) is 40.4 Å². The highest BCUT2D eigenvalue weighted by atomic mass is 32.2. The smallest absolute Gasteiger partial charge is 0.243 e. The fourth-order valence-corrected chi connectivity index (χ4v) is 5.52. The molecule has 1 atom stereocenters. The Labute approximate surface area is 139 Å². The van der Waals surface area contributed by atoms with Crippen molar-refractivity contribution in [2.24, 2.45) is 5.41 Å². The normalized spacial score (nSPS) is 25.9. The molecular formula is C17H26N2O3S. The summed E-state index contributed by atoms with van der Waals surface area (Å²) >= 11 is 0. The van der Waals surface area contributed by atoms with Crippen LogP contribution in [0.1, 0.15) is 19.3 Å². The lowest BCUT2D eigenvalue weighted by atomic mass is 9.77. The van der Waals surface area contributed by atoms with Gasteiger partial charge in [0.05, 0.1) is 11.5 Å². The quantitative estimate of drug-likeness (QED) is 0.840. The Bertz CT molecular complexity index is 624. The Hall–Kier alpha value is -0.950. The van der Waals surface area contributed by atoms with Crippen LogP contribution in [-0.2, 0) is 14.8 Å². The summed E-state index contributed by atoms with van der Waals surface area (Å²) in [5, 5.41) is 0. The average molecular weight is 338 g/mol. The number of piperidine rings is 1. The Balaban J connectivity index is 1.67. The summed E-state index contributed by atoms with van der Waals surface area (Å²) in [7, 11) is 0.538. The van der Waals surface area contributed by atoms with Crippen LogP contribution in [0.2, 0.25) is 0 Å². The van der Waals surface area contributed by atoms with Crippen LogP contribution >= 0.6 is 0 Å². The van der Waals surface area contributed by atoms with E-state index in [0.29, 0.717) is 24.0 Å². The summed E-state index contributed by atoms with van der Waals surface area (Å²) in [6, 6.07) is 9.21. The van der Waals surface area contributed by atoms with E-state index < -0.39 is 10.0 Å². The van der Waals surface area contributed by atoms with Crippen molar-refractivity contribution in [1.29, 1.82) is 0 Å². The van der Waals surface area contributed by atoms with Gasteiger partial charge in [0.1, 0.15) is 0 Å². The molecule has 2 fully saturated rings. The van der Waals surface area contributed by atoms with Crippen LogP contribution in [0.15, 0.2) is 35.2 Å². The maximum atomic E-state index is 12.7. The number of hydrogen-bond acceptors (Lipinski definition) is 4. The van der Waals surface area contributed by atoms with E-state index in [9.17, 15) is 8.42 Å². The minimum atomic E-state index is -3.35. The molecule has 1 aromatic rings. The summed E-state index contributed by atoms with van der Waals surface area (Å²) in [5.41, 5.74) is 0.251. The fourth-order valence-electron chi connectivity index (χ4n) is 4.06. The molecule has 2 aliphatic rings. The molecule has 1 aromatic carbocycles. The van der Waals surface area contributed by atoms with Crippen LogP contribution in [0.5, 0.6) is 0 Å². The van der Waals surface area contributed by atoms with Crippen LogP contribution < -0.4 is 0 Å². The van der Waals surface area contributed by atoms with E-state index in [1.54, 1.807) is 35.7 Å². The lowest BCUT2D eigenvalue weighted by Gasteiger charge is -2.38. The number of likely N-dealkylation sites (N-methyl/N-ethyl adjacent to an activating group) is 1. The van der Waals surface area contributed by atoms with Crippen molar-refractivity contribution < 1.29 is 13.2 Å². The highest BCUT2D eigenvalue weighted by Gasteiger charge is 2.45. The standard InChI is InChI=1S/C17H26N2O3S/c1-18-14-17(12-15(18)13-22-2)8-10-19(11-9-17)23(20,21)16-6-4-3-5-7-16/h3-7,15H,8-14H2,1-2H3/t15-/m0/s1. The van der Waals surface area contributed by atoms with Gasteiger partial charge in [-0.3, -0.25) is 0 Å². The highest BCUT2D eigenvalue weighted by Crippen LogP contribution is 2.43. The molecule has 6 heteroatoms. The van der Waals surface area contributed by atoms with Crippen LogP contribution in [0, 0.1) is 5.41 Å². The zero-order chi connectivity index (χ0) is 16.5. The molecule has 1 spiro atoms. The molecule has 0 bridgehead atoms. The van der Waals surface area contributed by atoms with E-state index in [1.165, 1.54) is 0 Å². The van der Waals surface area contributed by atoms with Gasteiger partial charge in [0.15, 0.2) is 0 Å². The van der Waals surface area contributed by atoms with Gasteiger partial charge >= 0.3 is 0 Å². The number of likely N-dealkylation sites (tertiary alicyclic amines) is 1. The second-order valence-electron chi connectivity index (χ2n) is 6.95. The average Bonchev–Trinajstić information content (AvgIpc) is 2.84. The predicted octanol–water partition coefficient (Wildman–Crippen LogP) is 1.81. The zero-order valence-corrected chi connectivity index (χ0v) is 14.8. The Kier molecular flexibility index (Phi) is 4.78. The van der Waals surface area contributed by atoms with Gasteiger partial charge < -0.3 is 9.64 Å². The molecule has 3 rings (SSSR count). The van der Waals surface area contributed by atoms with Gasteiger partial charge in [-0.1, -0.05) is 18.2 Å². The van der Waals surface area contributed by atoms with Crippen molar-refractivity contribution in [3.8, 4) is 0 Å². The zero-order valence-electron chi connectivity index (χ0n) is 13.9. The molecule has 0 saturated carbocycles. The van der Waals surface area contributed by atoms with Gasteiger partial charge in [-0.05, 0) is 43.9 Å². The number of rotatable bonds is 4. The first-order valence-corrected chi connectivity index (χ1v) is 9.65. The number of methoxy groups -OCH3 is 1. The molecule has 23 heavy (non-hydrogen) atoms. The van der Waals surface area contributed by atoms with E-state index in [1.807, 2.05) is 6.07 Å². The SMILES string of the molecule is COC[C@@H]1CC2(CCN(S(=O)(=O)c3ccccc3)CC2)CN1C. The van der Waals surface area contributed by atoms with E-state index in [0.717, 1.165) is 32.4 Å². The molecule has 5 nitrogen and oxygen atoms in total. The largest absolute Gasteiger partial charge is 0.383 e. The van der Waals surface area contributed by atoms with Gasteiger partial charge in [-0.25, -0.2) is 8.42 Å². The summed E-state index contributed by atoms with van der Waals surface area (Å²) < 4.78 is 32.4. The van der Waals surface area contributed by atoms with Crippen molar-refractivity contribution in [1.82, 2.24) is 9.21 Å².